The summed E-state index contributed by atoms with van der Waals surface area (Å²) in [5, 5.41) is 0.151. The Kier molecular flexibility index (Phi) is 5.12. The zero-order valence-electron chi connectivity index (χ0n) is 18.2. The number of ether oxygens (including phenoxy) is 6. The maximum Gasteiger partial charge on any atom is 0.231 e. The Morgan fingerprint density at radius 2 is 1.85 bits per heavy atom. The summed E-state index contributed by atoms with van der Waals surface area (Å²) in [6.45, 7) is 2.02. The summed E-state index contributed by atoms with van der Waals surface area (Å²) in [5.74, 6) is 1.07. The number of ketones is 2. The van der Waals surface area contributed by atoms with Crippen LogP contribution in [0.1, 0.15) is 29.3 Å². The molecule has 172 valence electrons. The number of hydrogen-bond donors (Lipinski definition) is 0. The van der Waals surface area contributed by atoms with Crippen LogP contribution in [0.2, 0.25) is 5.02 Å². The van der Waals surface area contributed by atoms with Crippen molar-refractivity contribution in [1.82, 2.24) is 0 Å². The van der Waals surface area contributed by atoms with E-state index in [0.29, 0.717) is 17.2 Å². The van der Waals surface area contributed by atoms with E-state index >= 15 is 0 Å². The van der Waals surface area contributed by atoms with Crippen molar-refractivity contribution in [3.05, 3.63) is 52.3 Å². The van der Waals surface area contributed by atoms with Crippen molar-refractivity contribution in [3.63, 3.8) is 0 Å². The number of halogens is 1. The van der Waals surface area contributed by atoms with Gasteiger partial charge in [-0.25, -0.2) is 0 Å². The summed E-state index contributed by atoms with van der Waals surface area (Å²) >= 11 is 6.49. The van der Waals surface area contributed by atoms with Gasteiger partial charge in [0.2, 0.25) is 18.2 Å². The first-order valence-electron chi connectivity index (χ1n) is 10.3. The van der Waals surface area contributed by atoms with Crippen molar-refractivity contribution in [3.8, 4) is 28.7 Å². The smallest absolute Gasteiger partial charge is 0.231 e. The lowest BCUT2D eigenvalue weighted by atomic mass is 9.75. The Hall–Kier alpha value is -3.39. The van der Waals surface area contributed by atoms with Gasteiger partial charge in [-0.15, -0.1) is 0 Å². The van der Waals surface area contributed by atoms with Gasteiger partial charge in [-0.05, 0) is 17.7 Å². The van der Waals surface area contributed by atoms with Gasteiger partial charge in [0.1, 0.15) is 28.7 Å². The second-order valence-corrected chi connectivity index (χ2v) is 8.40. The minimum atomic E-state index is -1.55. The second-order valence-electron chi connectivity index (χ2n) is 8.02. The molecule has 0 saturated carbocycles. The molecule has 0 bridgehead atoms. The zero-order chi connectivity index (χ0) is 23.3. The third-order valence-electron chi connectivity index (χ3n) is 6.11. The molecule has 0 amide bonds. The second kappa shape index (κ2) is 7.88. The minimum Gasteiger partial charge on any atom is -0.496 e. The quantitative estimate of drug-likeness (QED) is 0.642. The van der Waals surface area contributed by atoms with Crippen LogP contribution in [-0.4, -0.2) is 38.2 Å². The average molecular weight is 473 g/mol. The van der Waals surface area contributed by atoms with Crippen LogP contribution in [0.25, 0.3) is 0 Å². The molecule has 2 atom stereocenters. The maximum atomic E-state index is 13.8. The van der Waals surface area contributed by atoms with E-state index in [2.05, 4.69) is 0 Å². The molecule has 9 heteroatoms. The molecule has 3 aliphatic rings. The first-order chi connectivity index (χ1) is 15.9. The number of hydrogen-bond acceptors (Lipinski definition) is 8. The van der Waals surface area contributed by atoms with Crippen LogP contribution in [0, 0.1) is 5.92 Å². The Morgan fingerprint density at radius 3 is 2.61 bits per heavy atom. The van der Waals surface area contributed by atoms with Gasteiger partial charge in [-0.2, -0.15) is 0 Å². The Morgan fingerprint density at radius 1 is 1.09 bits per heavy atom. The third kappa shape index (κ3) is 3.20. The van der Waals surface area contributed by atoms with E-state index in [1.165, 1.54) is 26.4 Å². The van der Waals surface area contributed by atoms with Crippen LogP contribution >= 0.6 is 11.6 Å². The molecule has 2 aromatic carbocycles. The molecule has 2 heterocycles. The van der Waals surface area contributed by atoms with E-state index in [-0.39, 0.29) is 59.2 Å². The van der Waals surface area contributed by atoms with E-state index in [0.717, 1.165) is 5.56 Å². The Balaban J connectivity index is 1.53. The molecule has 33 heavy (non-hydrogen) atoms. The molecule has 0 N–H and O–H groups in total. The Labute approximate surface area is 194 Å². The molecule has 2 unspecified atom stereocenters. The van der Waals surface area contributed by atoms with Crippen molar-refractivity contribution < 1.29 is 38.0 Å². The number of allylic oxidation sites excluding steroid dienone is 1. The standard InChI is InChI=1S/C24H21ClO8/c1-12-6-14(26)8-19(30-10-13-4-5-15-16(7-13)32-11-31-15)24(12)23(27)20-17(28-2)9-18(29-3)21(25)22(20)33-24/h4-5,7-9,12H,6,10-11H2,1-3H3. The van der Waals surface area contributed by atoms with Crippen LogP contribution in [0.3, 0.4) is 0 Å². The summed E-state index contributed by atoms with van der Waals surface area (Å²) in [7, 11) is 2.91. The number of Topliss-reactive ketones (excluding diaryl/α,β-unsaturated/α-hetero) is 1. The van der Waals surface area contributed by atoms with Crippen LogP contribution in [0.15, 0.2) is 36.1 Å². The van der Waals surface area contributed by atoms with E-state index in [9.17, 15) is 9.59 Å². The zero-order valence-corrected chi connectivity index (χ0v) is 19.0. The molecule has 0 aromatic heterocycles. The molecule has 0 fully saturated rings. The molecular weight excluding hydrogens is 452 g/mol. The van der Waals surface area contributed by atoms with Gasteiger partial charge in [0.15, 0.2) is 28.8 Å². The number of carbonyl (C=O) groups excluding carboxylic acids is 2. The molecule has 2 aromatic rings. The minimum absolute atomic E-state index is 0.0887. The molecule has 0 saturated heterocycles. The highest BCUT2D eigenvalue weighted by atomic mass is 35.5. The van der Waals surface area contributed by atoms with Gasteiger partial charge in [0.05, 0.1) is 14.2 Å². The number of benzene rings is 2. The number of rotatable bonds is 5. The van der Waals surface area contributed by atoms with Crippen molar-refractivity contribution in [1.29, 1.82) is 0 Å². The van der Waals surface area contributed by atoms with Crippen molar-refractivity contribution >= 4 is 23.2 Å². The van der Waals surface area contributed by atoms with Crippen LogP contribution in [0.5, 0.6) is 28.7 Å². The topological polar surface area (TPSA) is 89.5 Å². The lowest BCUT2D eigenvalue weighted by Crippen LogP contribution is -2.51. The van der Waals surface area contributed by atoms with Crippen LogP contribution in [0.4, 0.5) is 0 Å². The van der Waals surface area contributed by atoms with Crippen molar-refractivity contribution in [2.45, 2.75) is 25.6 Å². The third-order valence-corrected chi connectivity index (χ3v) is 6.47. The average Bonchev–Trinajstić information content (AvgIpc) is 3.39. The predicted molar refractivity (Wildman–Crippen MR) is 116 cm³/mol. The Bertz CT molecular complexity index is 1200. The fourth-order valence-electron chi connectivity index (χ4n) is 4.43. The molecular formula is C24H21ClO8. The SMILES string of the molecule is COc1cc(OC)c2c(c1Cl)OC1(C2=O)C(OCc2ccc3c(c2)OCO3)=CC(=O)CC1C. The maximum absolute atomic E-state index is 13.8. The van der Waals surface area contributed by atoms with E-state index in [1.807, 2.05) is 6.07 Å². The molecule has 2 aliphatic heterocycles. The highest BCUT2D eigenvalue weighted by Crippen LogP contribution is 2.54. The van der Waals surface area contributed by atoms with Crippen molar-refractivity contribution in [2.75, 3.05) is 21.0 Å². The molecule has 1 aliphatic carbocycles. The van der Waals surface area contributed by atoms with Gasteiger partial charge < -0.3 is 28.4 Å². The number of carbonyl (C=O) groups is 2. The fourth-order valence-corrected chi connectivity index (χ4v) is 4.69. The van der Waals surface area contributed by atoms with Gasteiger partial charge >= 0.3 is 0 Å². The summed E-state index contributed by atoms with van der Waals surface area (Å²) in [6.07, 6.45) is 1.45. The van der Waals surface area contributed by atoms with Crippen molar-refractivity contribution in [2.24, 2.45) is 5.92 Å². The monoisotopic (exact) mass is 472 g/mol. The van der Waals surface area contributed by atoms with Crippen LogP contribution in [-0.2, 0) is 16.1 Å². The van der Waals surface area contributed by atoms with Gasteiger partial charge in [-0.1, -0.05) is 24.6 Å². The fraction of sp³-hybridized carbons (Fsp3) is 0.333. The highest BCUT2D eigenvalue weighted by molar-refractivity contribution is 6.35. The van der Waals surface area contributed by atoms with E-state index < -0.39 is 11.5 Å². The summed E-state index contributed by atoms with van der Waals surface area (Å²) < 4.78 is 33.8. The lowest BCUT2D eigenvalue weighted by molar-refractivity contribution is -0.118. The normalized spacial score (nSPS) is 22.7. The summed E-state index contributed by atoms with van der Waals surface area (Å²) in [6, 6.07) is 6.94. The van der Waals surface area contributed by atoms with Gasteiger partial charge in [0.25, 0.3) is 0 Å². The highest BCUT2D eigenvalue weighted by Gasteiger charge is 2.60. The first kappa shape index (κ1) is 21.5. The number of fused-ring (bicyclic) bond motifs is 2. The van der Waals surface area contributed by atoms with Crippen LogP contribution < -0.4 is 23.7 Å². The van der Waals surface area contributed by atoms with Gasteiger partial charge in [0, 0.05) is 24.5 Å². The first-order valence-corrected chi connectivity index (χ1v) is 10.7. The molecule has 5 rings (SSSR count). The predicted octanol–water partition coefficient (Wildman–Crippen LogP) is 4.11. The molecule has 1 spiro atoms. The van der Waals surface area contributed by atoms with E-state index in [4.69, 9.17) is 40.0 Å². The number of methoxy groups -OCH3 is 2. The largest absolute Gasteiger partial charge is 0.496 e. The molecule has 0 radical (unpaired) electrons. The van der Waals surface area contributed by atoms with Gasteiger partial charge in [-0.3, -0.25) is 9.59 Å². The lowest BCUT2D eigenvalue weighted by Gasteiger charge is -2.37. The van der Waals surface area contributed by atoms with E-state index in [1.54, 1.807) is 19.1 Å². The molecule has 8 nitrogen and oxygen atoms in total. The summed E-state index contributed by atoms with van der Waals surface area (Å²) in [4.78, 5) is 26.3. The summed E-state index contributed by atoms with van der Waals surface area (Å²) in [5.41, 5.74) is -0.570.